The summed E-state index contributed by atoms with van der Waals surface area (Å²) in [5.41, 5.74) is 1.31. The second-order valence-corrected chi connectivity index (χ2v) is 3.78. The van der Waals surface area contributed by atoms with Gasteiger partial charge in [-0.25, -0.2) is 4.39 Å². The molecule has 0 aromatic heterocycles. The lowest BCUT2D eigenvalue weighted by Gasteiger charge is -2.11. The van der Waals surface area contributed by atoms with Crippen molar-refractivity contribution in [2.45, 2.75) is 13.8 Å². The number of ketones is 1. The Morgan fingerprint density at radius 3 is 2.73 bits per heavy atom. The highest BCUT2D eigenvalue weighted by molar-refractivity contribution is 5.99. The molecule has 0 amide bonds. The first-order valence-electron chi connectivity index (χ1n) is 5.01. The third-order valence-corrected chi connectivity index (χ3v) is 2.41. The van der Waals surface area contributed by atoms with E-state index in [-0.39, 0.29) is 17.5 Å². The van der Waals surface area contributed by atoms with E-state index in [1.165, 1.54) is 12.1 Å². The van der Waals surface area contributed by atoms with Crippen LogP contribution in [-0.2, 0) is 0 Å². The van der Waals surface area contributed by atoms with Crippen LogP contribution in [0.2, 0.25) is 0 Å². The van der Waals surface area contributed by atoms with Crippen molar-refractivity contribution in [1.82, 2.24) is 5.32 Å². The molecule has 0 fully saturated rings. The molecular formula is C12H16FNO. The van der Waals surface area contributed by atoms with E-state index >= 15 is 0 Å². The van der Waals surface area contributed by atoms with Gasteiger partial charge in [0.15, 0.2) is 5.78 Å². The largest absolute Gasteiger partial charge is 0.319 e. The molecule has 0 aliphatic rings. The number of carbonyl (C=O) groups excluding carboxylic acids is 1. The summed E-state index contributed by atoms with van der Waals surface area (Å²) in [7, 11) is 1.81. The predicted molar refractivity (Wildman–Crippen MR) is 58.6 cm³/mol. The summed E-state index contributed by atoms with van der Waals surface area (Å²) in [5.74, 6) is -0.327. The molecule has 0 radical (unpaired) electrons. The lowest BCUT2D eigenvalue weighted by Crippen LogP contribution is -2.24. The molecule has 1 rings (SSSR count). The van der Waals surface area contributed by atoms with Gasteiger partial charge in [0.1, 0.15) is 5.82 Å². The SMILES string of the molecule is CNCC(C)C(=O)c1ccc(F)cc1C. The minimum Gasteiger partial charge on any atom is -0.319 e. The van der Waals surface area contributed by atoms with Crippen molar-refractivity contribution in [3.8, 4) is 0 Å². The molecule has 0 aliphatic carbocycles. The van der Waals surface area contributed by atoms with Gasteiger partial charge >= 0.3 is 0 Å². The number of hydrogen-bond donors (Lipinski definition) is 1. The monoisotopic (exact) mass is 209 g/mol. The Hall–Kier alpha value is -1.22. The molecule has 3 heteroatoms. The molecule has 1 aromatic rings. The van der Waals surface area contributed by atoms with E-state index < -0.39 is 0 Å². The van der Waals surface area contributed by atoms with Crippen LogP contribution in [0.5, 0.6) is 0 Å². The Bertz CT molecular complexity index is 363. The number of Topliss-reactive ketones (excluding diaryl/α,β-unsaturated/α-hetero) is 1. The Morgan fingerprint density at radius 1 is 1.53 bits per heavy atom. The number of nitrogens with one attached hydrogen (secondary N) is 1. The van der Waals surface area contributed by atoms with Crippen molar-refractivity contribution < 1.29 is 9.18 Å². The first-order chi connectivity index (χ1) is 7.06. The molecule has 82 valence electrons. The molecule has 0 heterocycles. The van der Waals surface area contributed by atoms with Gasteiger partial charge in [-0.3, -0.25) is 4.79 Å². The van der Waals surface area contributed by atoms with Gasteiger partial charge in [0.05, 0.1) is 0 Å². The van der Waals surface area contributed by atoms with E-state index in [0.29, 0.717) is 17.7 Å². The standard InChI is InChI=1S/C12H16FNO/c1-8-6-10(13)4-5-11(8)12(15)9(2)7-14-3/h4-6,9,14H,7H2,1-3H3. The normalized spacial score (nSPS) is 12.5. The zero-order valence-electron chi connectivity index (χ0n) is 9.30. The minimum absolute atomic E-state index is 0.0573. The molecule has 1 aromatic carbocycles. The van der Waals surface area contributed by atoms with Gasteiger partial charge in [0.25, 0.3) is 0 Å². The molecule has 1 N–H and O–H groups in total. The van der Waals surface area contributed by atoms with Crippen LogP contribution < -0.4 is 5.32 Å². The van der Waals surface area contributed by atoms with Crippen LogP contribution in [-0.4, -0.2) is 19.4 Å². The molecule has 0 spiro atoms. The van der Waals surface area contributed by atoms with Crippen molar-refractivity contribution in [2.24, 2.45) is 5.92 Å². The van der Waals surface area contributed by atoms with Crippen LogP contribution in [0.25, 0.3) is 0 Å². The van der Waals surface area contributed by atoms with Crippen LogP contribution in [0.15, 0.2) is 18.2 Å². The van der Waals surface area contributed by atoms with E-state index in [1.807, 2.05) is 6.92 Å². The summed E-state index contributed by atoms with van der Waals surface area (Å²) in [5, 5.41) is 2.95. The van der Waals surface area contributed by atoms with Crippen LogP contribution >= 0.6 is 0 Å². The number of benzene rings is 1. The van der Waals surface area contributed by atoms with E-state index in [0.717, 1.165) is 0 Å². The molecule has 15 heavy (non-hydrogen) atoms. The number of halogens is 1. The van der Waals surface area contributed by atoms with E-state index in [2.05, 4.69) is 5.32 Å². The maximum Gasteiger partial charge on any atom is 0.167 e. The second kappa shape index (κ2) is 5.03. The quantitative estimate of drug-likeness (QED) is 0.770. The smallest absolute Gasteiger partial charge is 0.167 e. The van der Waals surface area contributed by atoms with Gasteiger partial charge < -0.3 is 5.32 Å². The van der Waals surface area contributed by atoms with Gasteiger partial charge in [-0.2, -0.15) is 0 Å². The average molecular weight is 209 g/mol. The Morgan fingerprint density at radius 2 is 2.20 bits per heavy atom. The Balaban J connectivity index is 2.91. The lowest BCUT2D eigenvalue weighted by atomic mass is 9.96. The molecular weight excluding hydrogens is 193 g/mol. The van der Waals surface area contributed by atoms with Crippen LogP contribution in [0.1, 0.15) is 22.8 Å². The van der Waals surface area contributed by atoms with Gasteiger partial charge in [0.2, 0.25) is 0 Å². The fourth-order valence-electron chi connectivity index (χ4n) is 1.57. The average Bonchev–Trinajstić information content (AvgIpc) is 2.17. The molecule has 0 bridgehead atoms. The highest BCUT2D eigenvalue weighted by Gasteiger charge is 2.16. The van der Waals surface area contributed by atoms with Crippen molar-refractivity contribution in [2.75, 3.05) is 13.6 Å². The summed E-state index contributed by atoms with van der Waals surface area (Å²) in [4.78, 5) is 11.9. The molecule has 2 nitrogen and oxygen atoms in total. The molecule has 1 atom stereocenters. The van der Waals surface area contributed by atoms with E-state index in [4.69, 9.17) is 0 Å². The van der Waals surface area contributed by atoms with Crippen LogP contribution in [0, 0.1) is 18.7 Å². The van der Waals surface area contributed by atoms with Gasteiger partial charge in [-0.05, 0) is 37.7 Å². The van der Waals surface area contributed by atoms with Crippen LogP contribution in [0.4, 0.5) is 4.39 Å². The highest BCUT2D eigenvalue weighted by Crippen LogP contribution is 2.14. The summed E-state index contributed by atoms with van der Waals surface area (Å²) in [6.07, 6.45) is 0. The van der Waals surface area contributed by atoms with Crippen LogP contribution in [0.3, 0.4) is 0 Å². The van der Waals surface area contributed by atoms with Gasteiger partial charge in [0, 0.05) is 18.0 Å². The van der Waals surface area contributed by atoms with Crippen molar-refractivity contribution in [1.29, 1.82) is 0 Å². The summed E-state index contributed by atoms with van der Waals surface area (Å²) in [6, 6.07) is 4.27. The first kappa shape index (κ1) is 11.9. The zero-order valence-corrected chi connectivity index (χ0v) is 9.30. The van der Waals surface area contributed by atoms with Crippen molar-refractivity contribution in [3.05, 3.63) is 35.1 Å². The fraction of sp³-hybridized carbons (Fsp3) is 0.417. The number of aryl methyl sites for hydroxylation is 1. The van der Waals surface area contributed by atoms with Crippen molar-refractivity contribution in [3.63, 3.8) is 0 Å². The number of hydrogen-bond acceptors (Lipinski definition) is 2. The zero-order chi connectivity index (χ0) is 11.4. The maximum absolute atomic E-state index is 12.8. The van der Waals surface area contributed by atoms with Gasteiger partial charge in [-0.1, -0.05) is 6.92 Å². The second-order valence-electron chi connectivity index (χ2n) is 3.78. The predicted octanol–water partition coefficient (Wildman–Crippen LogP) is 2.17. The lowest BCUT2D eigenvalue weighted by molar-refractivity contribution is 0.0929. The fourth-order valence-corrected chi connectivity index (χ4v) is 1.57. The minimum atomic E-state index is -0.301. The summed E-state index contributed by atoms with van der Waals surface area (Å²) in [6.45, 7) is 4.25. The molecule has 0 saturated carbocycles. The third-order valence-electron chi connectivity index (χ3n) is 2.41. The summed E-state index contributed by atoms with van der Waals surface area (Å²) >= 11 is 0. The first-order valence-corrected chi connectivity index (χ1v) is 5.01. The third kappa shape index (κ3) is 2.86. The Kier molecular flexibility index (Phi) is 3.97. The number of carbonyl (C=O) groups is 1. The molecule has 1 unspecified atom stereocenters. The van der Waals surface area contributed by atoms with Crippen molar-refractivity contribution >= 4 is 5.78 Å². The van der Waals surface area contributed by atoms with E-state index in [9.17, 15) is 9.18 Å². The molecule has 0 saturated heterocycles. The van der Waals surface area contributed by atoms with E-state index in [1.54, 1.807) is 20.0 Å². The van der Waals surface area contributed by atoms with Gasteiger partial charge in [-0.15, -0.1) is 0 Å². The maximum atomic E-state index is 12.8. The Labute approximate surface area is 89.5 Å². The molecule has 0 aliphatic heterocycles. The topological polar surface area (TPSA) is 29.1 Å². The number of rotatable bonds is 4. The highest BCUT2D eigenvalue weighted by atomic mass is 19.1. The summed E-state index contributed by atoms with van der Waals surface area (Å²) < 4.78 is 12.8.